The molecule has 0 aromatic rings. The molecule has 1 N–H and O–H groups in total. The maximum absolute atomic E-state index is 12.0. The Hall–Kier alpha value is -0.130. The van der Waals surface area contributed by atoms with Crippen molar-refractivity contribution in [3.8, 4) is 0 Å². The van der Waals surface area contributed by atoms with Crippen LogP contribution in [-0.4, -0.2) is 42.3 Å². The molecule has 0 aromatic carbocycles. The molecule has 2 atom stereocenters. The zero-order valence-corrected chi connectivity index (χ0v) is 11.0. The van der Waals surface area contributed by atoms with Gasteiger partial charge in [-0.2, -0.15) is 4.31 Å². The lowest BCUT2D eigenvalue weighted by atomic mass is 10.00. The molecule has 0 spiro atoms. The van der Waals surface area contributed by atoms with Gasteiger partial charge in [0.25, 0.3) is 0 Å². The molecule has 0 saturated carbocycles. The first-order valence-electron chi connectivity index (χ1n) is 6.15. The van der Waals surface area contributed by atoms with Crippen LogP contribution in [0.3, 0.4) is 0 Å². The summed E-state index contributed by atoms with van der Waals surface area (Å²) in [4.78, 5) is 0. The highest BCUT2D eigenvalue weighted by Gasteiger charge is 2.31. The highest BCUT2D eigenvalue weighted by Crippen LogP contribution is 2.24. The second-order valence-corrected chi connectivity index (χ2v) is 6.70. The Morgan fingerprint density at radius 2 is 2.12 bits per heavy atom. The van der Waals surface area contributed by atoms with Crippen molar-refractivity contribution in [2.45, 2.75) is 58.1 Å². The van der Waals surface area contributed by atoms with Crippen molar-refractivity contribution in [2.24, 2.45) is 0 Å². The molecule has 1 rings (SSSR count). The number of hydrogen-bond donors (Lipinski definition) is 1. The van der Waals surface area contributed by atoms with Gasteiger partial charge in [-0.3, -0.25) is 0 Å². The van der Waals surface area contributed by atoms with Crippen LogP contribution in [0.1, 0.15) is 46.0 Å². The molecular weight excluding hydrogens is 226 g/mol. The normalized spacial score (nSPS) is 25.6. The van der Waals surface area contributed by atoms with E-state index in [0.717, 1.165) is 19.3 Å². The Kier molecular flexibility index (Phi) is 5.21. The van der Waals surface area contributed by atoms with E-state index in [9.17, 15) is 13.5 Å². The van der Waals surface area contributed by atoms with E-state index < -0.39 is 16.1 Å². The Morgan fingerprint density at radius 3 is 2.69 bits per heavy atom. The average molecular weight is 249 g/mol. The molecule has 0 radical (unpaired) electrons. The largest absolute Gasteiger partial charge is 0.393 e. The predicted molar refractivity (Wildman–Crippen MR) is 64.7 cm³/mol. The summed E-state index contributed by atoms with van der Waals surface area (Å²) in [6, 6.07) is 0.00491. The molecule has 1 heterocycles. The van der Waals surface area contributed by atoms with Crippen LogP contribution in [0.5, 0.6) is 0 Å². The summed E-state index contributed by atoms with van der Waals surface area (Å²) < 4.78 is 25.7. The van der Waals surface area contributed by atoms with Gasteiger partial charge in [-0.15, -0.1) is 0 Å². The van der Waals surface area contributed by atoms with E-state index in [0.29, 0.717) is 19.4 Å². The fraction of sp³-hybridized carbons (Fsp3) is 1.00. The third kappa shape index (κ3) is 3.71. The van der Waals surface area contributed by atoms with Gasteiger partial charge in [0.05, 0.1) is 11.9 Å². The molecule has 96 valence electrons. The minimum absolute atomic E-state index is 0.00491. The highest BCUT2D eigenvalue weighted by molar-refractivity contribution is 7.89. The fourth-order valence-electron chi connectivity index (χ4n) is 2.34. The predicted octanol–water partition coefficient (Wildman–Crippen LogP) is 1.35. The summed E-state index contributed by atoms with van der Waals surface area (Å²) in [6.07, 6.45) is 3.67. The Morgan fingerprint density at radius 1 is 1.44 bits per heavy atom. The minimum Gasteiger partial charge on any atom is -0.393 e. The lowest BCUT2D eigenvalue weighted by Gasteiger charge is -2.35. The van der Waals surface area contributed by atoms with Gasteiger partial charge in [0.1, 0.15) is 0 Å². The van der Waals surface area contributed by atoms with Gasteiger partial charge >= 0.3 is 0 Å². The molecule has 1 saturated heterocycles. The van der Waals surface area contributed by atoms with Gasteiger partial charge in [0.15, 0.2) is 0 Å². The van der Waals surface area contributed by atoms with Crippen LogP contribution >= 0.6 is 0 Å². The third-order valence-electron chi connectivity index (χ3n) is 3.01. The van der Waals surface area contributed by atoms with Crippen molar-refractivity contribution in [1.82, 2.24) is 4.31 Å². The van der Waals surface area contributed by atoms with E-state index in [1.54, 1.807) is 11.2 Å². The van der Waals surface area contributed by atoms with Crippen molar-refractivity contribution in [2.75, 3.05) is 12.3 Å². The topological polar surface area (TPSA) is 57.6 Å². The quantitative estimate of drug-likeness (QED) is 0.800. The standard InChI is InChI=1S/C11H23NO3S/c1-3-8-16(14,15)12-7-5-4-6-11(12)9-10(2)13/h10-11,13H,3-9H2,1-2H3. The van der Waals surface area contributed by atoms with Gasteiger partial charge in [-0.25, -0.2) is 8.42 Å². The van der Waals surface area contributed by atoms with Gasteiger partial charge in [0.2, 0.25) is 10.0 Å². The van der Waals surface area contributed by atoms with E-state index in [-0.39, 0.29) is 11.8 Å². The van der Waals surface area contributed by atoms with Crippen LogP contribution in [0.4, 0.5) is 0 Å². The van der Waals surface area contributed by atoms with E-state index in [1.165, 1.54) is 0 Å². The van der Waals surface area contributed by atoms with Gasteiger partial charge in [-0.05, 0) is 32.6 Å². The minimum atomic E-state index is -3.11. The second kappa shape index (κ2) is 5.98. The summed E-state index contributed by atoms with van der Waals surface area (Å²) in [6.45, 7) is 4.23. The Bertz CT molecular complexity index is 300. The summed E-state index contributed by atoms with van der Waals surface area (Å²) >= 11 is 0. The number of nitrogens with zero attached hydrogens (tertiary/aromatic N) is 1. The number of sulfonamides is 1. The van der Waals surface area contributed by atoms with Crippen molar-refractivity contribution >= 4 is 10.0 Å². The number of hydrogen-bond acceptors (Lipinski definition) is 3. The maximum Gasteiger partial charge on any atom is 0.214 e. The smallest absolute Gasteiger partial charge is 0.214 e. The van der Waals surface area contributed by atoms with E-state index in [4.69, 9.17) is 0 Å². The molecule has 5 heteroatoms. The summed E-state index contributed by atoms with van der Waals surface area (Å²) in [5.41, 5.74) is 0. The third-order valence-corrected chi connectivity index (χ3v) is 5.13. The first-order chi connectivity index (χ1) is 7.47. The molecule has 0 aliphatic carbocycles. The average Bonchev–Trinajstić information content (AvgIpc) is 2.17. The van der Waals surface area contributed by atoms with E-state index in [2.05, 4.69) is 0 Å². The Balaban J connectivity index is 2.73. The maximum atomic E-state index is 12.0. The number of piperidine rings is 1. The SMILES string of the molecule is CCCS(=O)(=O)N1CCCCC1CC(C)O. The zero-order chi connectivity index (χ0) is 12.2. The molecule has 1 aliphatic rings. The van der Waals surface area contributed by atoms with Crippen LogP contribution in [0.15, 0.2) is 0 Å². The molecule has 1 aliphatic heterocycles. The van der Waals surface area contributed by atoms with Crippen molar-refractivity contribution in [3.05, 3.63) is 0 Å². The van der Waals surface area contributed by atoms with Crippen LogP contribution in [0.25, 0.3) is 0 Å². The number of aliphatic hydroxyl groups excluding tert-OH is 1. The lowest BCUT2D eigenvalue weighted by molar-refractivity contribution is 0.132. The van der Waals surface area contributed by atoms with Gasteiger partial charge in [-0.1, -0.05) is 13.3 Å². The molecule has 0 aromatic heterocycles. The molecule has 0 amide bonds. The Labute approximate surface area is 98.7 Å². The summed E-state index contributed by atoms with van der Waals surface area (Å²) in [7, 11) is -3.11. The van der Waals surface area contributed by atoms with Crippen LogP contribution in [0.2, 0.25) is 0 Å². The monoisotopic (exact) mass is 249 g/mol. The van der Waals surface area contributed by atoms with Crippen molar-refractivity contribution in [1.29, 1.82) is 0 Å². The van der Waals surface area contributed by atoms with Crippen molar-refractivity contribution < 1.29 is 13.5 Å². The van der Waals surface area contributed by atoms with Crippen LogP contribution in [-0.2, 0) is 10.0 Å². The summed E-state index contributed by atoms with van der Waals surface area (Å²) in [5, 5.41) is 9.40. The highest BCUT2D eigenvalue weighted by atomic mass is 32.2. The zero-order valence-electron chi connectivity index (χ0n) is 10.2. The number of aliphatic hydroxyl groups is 1. The van der Waals surface area contributed by atoms with Gasteiger partial charge in [0, 0.05) is 12.6 Å². The molecule has 0 bridgehead atoms. The van der Waals surface area contributed by atoms with Crippen molar-refractivity contribution in [3.63, 3.8) is 0 Å². The molecule has 16 heavy (non-hydrogen) atoms. The van der Waals surface area contributed by atoms with E-state index in [1.807, 2.05) is 6.92 Å². The molecular formula is C11H23NO3S. The number of rotatable bonds is 5. The summed E-state index contributed by atoms with van der Waals surface area (Å²) in [5.74, 6) is 0.226. The fourth-order valence-corrected chi connectivity index (χ4v) is 4.15. The van der Waals surface area contributed by atoms with Crippen LogP contribution in [0, 0.1) is 0 Å². The van der Waals surface area contributed by atoms with Gasteiger partial charge < -0.3 is 5.11 Å². The second-order valence-electron chi connectivity index (χ2n) is 4.66. The first-order valence-corrected chi connectivity index (χ1v) is 7.76. The van der Waals surface area contributed by atoms with Crippen LogP contribution < -0.4 is 0 Å². The molecule has 2 unspecified atom stereocenters. The lowest BCUT2D eigenvalue weighted by Crippen LogP contribution is -2.45. The molecule has 1 fully saturated rings. The first kappa shape index (κ1) is 13.9. The van der Waals surface area contributed by atoms with E-state index >= 15 is 0 Å². The molecule has 4 nitrogen and oxygen atoms in total.